The van der Waals surface area contributed by atoms with E-state index >= 15 is 0 Å². The van der Waals surface area contributed by atoms with Crippen molar-refractivity contribution in [1.82, 2.24) is 15.0 Å². The van der Waals surface area contributed by atoms with Crippen molar-refractivity contribution in [2.45, 2.75) is 40.7 Å². The number of fused-ring (bicyclic) bond motifs is 1. The van der Waals surface area contributed by atoms with Gasteiger partial charge < -0.3 is 10.2 Å². The molecule has 1 N–H and O–H groups in total. The van der Waals surface area contributed by atoms with Gasteiger partial charge in [0.05, 0.1) is 0 Å². The summed E-state index contributed by atoms with van der Waals surface area (Å²) in [5.74, 6) is 1.70. The van der Waals surface area contributed by atoms with Crippen molar-refractivity contribution in [2.75, 3.05) is 16.8 Å². The highest BCUT2D eigenvalue weighted by Crippen LogP contribution is 2.32. The molecule has 0 saturated heterocycles. The standard InChI is InChI=1S/C22H25N5/c1-14-10-15(2)20(16(3)11-14)25-22-24-17(4)19-7-9-27(21(19)26-22)13-18-6-5-8-23-12-18/h5-6,8,10-12H,7,9,13H2,1-4H3,(H,24,25,26). The first-order valence-corrected chi connectivity index (χ1v) is 9.37. The molecule has 1 aliphatic heterocycles. The molecule has 0 aliphatic carbocycles. The summed E-state index contributed by atoms with van der Waals surface area (Å²) in [6.45, 7) is 10.2. The van der Waals surface area contributed by atoms with Crippen LogP contribution in [0.4, 0.5) is 17.5 Å². The molecular formula is C22H25N5. The summed E-state index contributed by atoms with van der Waals surface area (Å²) in [7, 11) is 0. The molecule has 5 heteroatoms. The Morgan fingerprint density at radius 2 is 1.85 bits per heavy atom. The fourth-order valence-electron chi connectivity index (χ4n) is 3.90. The lowest BCUT2D eigenvalue weighted by Crippen LogP contribution is -2.21. The molecule has 4 rings (SSSR count). The molecule has 1 aliphatic rings. The van der Waals surface area contributed by atoms with Crippen molar-refractivity contribution in [2.24, 2.45) is 0 Å². The number of rotatable bonds is 4. The summed E-state index contributed by atoms with van der Waals surface area (Å²) in [5, 5.41) is 3.46. The van der Waals surface area contributed by atoms with Crippen molar-refractivity contribution in [3.05, 3.63) is 70.2 Å². The van der Waals surface area contributed by atoms with E-state index in [-0.39, 0.29) is 0 Å². The Bertz CT molecular complexity index is 958. The van der Waals surface area contributed by atoms with Gasteiger partial charge in [-0.3, -0.25) is 4.98 Å². The summed E-state index contributed by atoms with van der Waals surface area (Å²) in [6.07, 6.45) is 4.72. The predicted molar refractivity (Wildman–Crippen MR) is 110 cm³/mol. The van der Waals surface area contributed by atoms with E-state index in [2.05, 4.69) is 61.1 Å². The molecule has 1 aromatic carbocycles. The number of nitrogens with one attached hydrogen (secondary N) is 1. The average Bonchev–Trinajstić information content (AvgIpc) is 3.02. The third kappa shape index (κ3) is 3.50. The lowest BCUT2D eigenvalue weighted by Gasteiger charge is -2.20. The fourth-order valence-corrected chi connectivity index (χ4v) is 3.90. The zero-order valence-corrected chi connectivity index (χ0v) is 16.4. The van der Waals surface area contributed by atoms with Gasteiger partial charge in [0.15, 0.2) is 0 Å². The second-order valence-electron chi connectivity index (χ2n) is 7.37. The Kier molecular flexibility index (Phi) is 4.52. The smallest absolute Gasteiger partial charge is 0.229 e. The number of anilines is 3. The number of pyridine rings is 1. The summed E-state index contributed by atoms with van der Waals surface area (Å²) < 4.78 is 0. The fraction of sp³-hybridized carbons (Fsp3) is 0.318. The highest BCUT2D eigenvalue weighted by Gasteiger charge is 2.24. The Morgan fingerprint density at radius 3 is 2.56 bits per heavy atom. The van der Waals surface area contributed by atoms with Crippen molar-refractivity contribution < 1.29 is 0 Å². The number of aryl methyl sites for hydroxylation is 4. The molecule has 2 aromatic heterocycles. The SMILES string of the molecule is Cc1cc(C)c(Nc2nc(C)c3c(n2)N(Cc2cccnc2)CC3)c(C)c1. The molecule has 3 aromatic rings. The molecule has 5 nitrogen and oxygen atoms in total. The van der Waals surface area contributed by atoms with Gasteiger partial charge in [0.1, 0.15) is 5.82 Å². The second-order valence-corrected chi connectivity index (χ2v) is 7.37. The van der Waals surface area contributed by atoms with Gasteiger partial charge in [-0.1, -0.05) is 23.8 Å². The Morgan fingerprint density at radius 1 is 1.07 bits per heavy atom. The van der Waals surface area contributed by atoms with E-state index < -0.39 is 0 Å². The first-order chi connectivity index (χ1) is 13.0. The highest BCUT2D eigenvalue weighted by atomic mass is 15.2. The van der Waals surface area contributed by atoms with Crippen LogP contribution in [0.15, 0.2) is 36.7 Å². The number of hydrogen-bond donors (Lipinski definition) is 1. The van der Waals surface area contributed by atoms with Gasteiger partial charge in [0, 0.05) is 42.4 Å². The molecule has 3 heterocycles. The molecule has 0 spiro atoms. The molecule has 0 amide bonds. The van der Waals surface area contributed by atoms with Gasteiger partial charge >= 0.3 is 0 Å². The molecule has 0 atom stereocenters. The Labute approximate surface area is 160 Å². The molecule has 0 radical (unpaired) electrons. The van der Waals surface area contributed by atoms with E-state index in [0.717, 1.165) is 36.7 Å². The average molecular weight is 359 g/mol. The van der Waals surface area contributed by atoms with Crippen LogP contribution in [0.1, 0.15) is 33.5 Å². The zero-order chi connectivity index (χ0) is 19.0. The van der Waals surface area contributed by atoms with Crippen LogP contribution < -0.4 is 10.2 Å². The van der Waals surface area contributed by atoms with Crippen LogP contribution in [0.25, 0.3) is 0 Å². The topological polar surface area (TPSA) is 53.9 Å². The van der Waals surface area contributed by atoms with Gasteiger partial charge in [-0.2, -0.15) is 4.98 Å². The maximum absolute atomic E-state index is 4.87. The van der Waals surface area contributed by atoms with E-state index in [4.69, 9.17) is 9.97 Å². The predicted octanol–water partition coefficient (Wildman–Crippen LogP) is 4.41. The van der Waals surface area contributed by atoms with Crippen LogP contribution in [0.5, 0.6) is 0 Å². The van der Waals surface area contributed by atoms with Gasteiger partial charge in [-0.25, -0.2) is 4.98 Å². The summed E-state index contributed by atoms with van der Waals surface area (Å²) in [4.78, 5) is 16.1. The number of hydrogen-bond acceptors (Lipinski definition) is 5. The minimum absolute atomic E-state index is 0.666. The quantitative estimate of drug-likeness (QED) is 0.748. The normalized spacial score (nSPS) is 13.0. The van der Waals surface area contributed by atoms with Crippen molar-refractivity contribution in [3.8, 4) is 0 Å². The molecule has 0 saturated carbocycles. The summed E-state index contributed by atoms with van der Waals surface area (Å²) in [5.41, 5.74) is 8.28. The third-order valence-electron chi connectivity index (χ3n) is 5.13. The van der Waals surface area contributed by atoms with Crippen LogP contribution in [0, 0.1) is 27.7 Å². The van der Waals surface area contributed by atoms with E-state index in [1.54, 1.807) is 0 Å². The van der Waals surface area contributed by atoms with Gasteiger partial charge in [0.25, 0.3) is 0 Å². The first-order valence-electron chi connectivity index (χ1n) is 9.37. The van der Waals surface area contributed by atoms with Crippen LogP contribution >= 0.6 is 0 Å². The van der Waals surface area contributed by atoms with E-state index in [1.807, 2.05) is 18.5 Å². The Balaban J connectivity index is 1.65. The summed E-state index contributed by atoms with van der Waals surface area (Å²) >= 11 is 0. The molecular weight excluding hydrogens is 334 g/mol. The van der Waals surface area contributed by atoms with Crippen LogP contribution in [0.3, 0.4) is 0 Å². The maximum Gasteiger partial charge on any atom is 0.229 e. The maximum atomic E-state index is 4.87. The second kappa shape index (κ2) is 6.99. The number of benzene rings is 1. The Hall–Kier alpha value is -2.95. The minimum atomic E-state index is 0.666. The minimum Gasteiger partial charge on any atom is -0.351 e. The largest absolute Gasteiger partial charge is 0.351 e. The zero-order valence-electron chi connectivity index (χ0n) is 16.4. The van der Waals surface area contributed by atoms with Crippen molar-refractivity contribution >= 4 is 17.5 Å². The van der Waals surface area contributed by atoms with E-state index in [9.17, 15) is 0 Å². The third-order valence-corrected chi connectivity index (χ3v) is 5.13. The summed E-state index contributed by atoms with van der Waals surface area (Å²) in [6, 6.07) is 8.46. The van der Waals surface area contributed by atoms with Crippen LogP contribution in [0.2, 0.25) is 0 Å². The van der Waals surface area contributed by atoms with E-state index in [1.165, 1.54) is 27.8 Å². The molecule has 0 fully saturated rings. The molecule has 27 heavy (non-hydrogen) atoms. The lowest BCUT2D eigenvalue weighted by atomic mass is 10.1. The van der Waals surface area contributed by atoms with Gasteiger partial charge in [-0.05, 0) is 56.9 Å². The highest BCUT2D eigenvalue weighted by molar-refractivity contribution is 5.66. The monoisotopic (exact) mass is 359 g/mol. The van der Waals surface area contributed by atoms with Crippen molar-refractivity contribution in [3.63, 3.8) is 0 Å². The first kappa shape index (κ1) is 17.5. The van der Waals surface area contributed by atoms with E-state index in [0.29, 0.717) is 5.95 Å². The van der Waals surface area contributed by atoms with Gasteiger partial charge in [-0.15, -0.1) is 0 Å². The van der Waals surface area contributed by atoms with Crippen molar-refractivity contribution in [1.29, 1.82) is 0 Å². The van der Waals surface area contributed by atoms with Gasteiger partial charge in [0.2, 0.25) is 5.95 Å². The number of aromatic nitrogens is 3. The molecule has 0 bridgehead atoms. The van der Waals surface area contributed by atoms with Crippen LogP contribution in [-0.4, -0.2) is 21.5 Å². The number of nitrogens with zero attached hydrogens (tertiary/aromatic N) is 4. The molecule has 138 valence electrons. The molecule has 0 unspecified atom stereocenters. The van der Waals surface area contributed by atoms with Crippen LogP contribution in [-0.2, 0) is 13.0 Å². The lowest BCUT2D eigenvalue weighted by molar-refractivity contribution is 0.822.